The highest BCUT2D eigenvalue weighted by Gasteiger charge is 2.19. The van der Waals surface area contributed by atoms with Gasteiger partial charge in [0.15, 0.2) is 0 Å². The molecule has 1 aliphatic heterocycles. The molecule has 3 heteroatoms. The molecule has 1 aliphatic rings. The summed E-state index contributed by atoms with van der Waals surface area (Å²) >= 11 is 0. The number of aliphatic hydroxyl groups is 2. The molecule has 1 heterocycles. The minimum atomic E-state index is 0.191. The Morgan fingerprint density at radius 3 is 2.70 bits per heavy atom. The van der Waals surface area contributed by atoms with E-state index in [1.54, 1.807) is 0 Å². The van der Waals surface area contributed by atoms with E-state index in [0.29, 0.717) is 5.92 Å². The third-order valence-corrected chi connectivity index (χ3v) is 2.08. The molecule has 0 aliphatic carbocycles. The summed E-state index contributed by atoms with van der Waals surface area (Å²) in [6.45, 7) is 1.38. The summed E-state index contributed by atoms with van der Waals surface area (Å²) in [5.41, 5.74) is 0. The molecular weight excluding hydrogens is 130 g/mol. The van der Waals surface area contributed by atoms with Crippen LogP contribution in [0.2, 0.25) is 0 Å². The Labute approximate surface area is 61.1 Å². The molecule has 1 fully saturated rings. The molecule has 0 aromatic carbocycles. The standard InChI is InChI=1S/C7H15NO2/c9-4-6-1-2-8-7(3-6)5-10/h6-10H,1-5H2. The van der Waals surface area contributed by atoms with E-state index in [2.05, 4.69) is 5.32 Å². The summed E-state index contributed by atoms with van der Waals surface area (Å²) in [5, 5.41) is 20.7. The molecule has 0 amide bonds. The summed E-state index contributed by atoms with van der Waals surface area (Å²) in [4.78, 5) is 0. The Balaban J connectivity index is 2.25. The molecule has 0 bridgehead atoms. The van der Waals surface area contributed by atoms with Crippen LogP contribution in [0.4, 0.5) is 0 Å². The van der Waals surface area contributed by atoms with E-state index in [4.69, 9.17) is 10.2 Å². The SMILES string of the molecule is OCC1CCNC(CO)C1. The summed E-state index contributed by atoms with van der Waals surface area (Å²) in [6.07, 6.45) is 1.94. The van der Waals surface area contributed by atoms with Gasteiger partial charge >= 0.3 is 0 Å². The first kappa shape index (κ1) is 7.98. The molecule has 2 atom stereocenters. The number of hydrogen-bond donors (Lipinski definition) is 3. The second kappa shape index (κ2) is 3.91. The Morgan fingerprint density at radius 2 is 2.10 bits per heavy atom. The summed E-state index contributed by atoms with van der Waals surface area (Å²) in [6, 6.07) is 0.214. The molecular formula is C7H15NO2. The van der Waals surface area contributed by atoms with Crippen LogP contribution in [-0.2, 0) is 0 Å². The molecule has 0 spiro atoms. The lowest BCUT2D eigenvalue weighted by molar-refractivity contribution is 0.144. The van der Waals surface area contributed by atoms with Crippen LogP contribution in [0.15, 0.2) is 0 Å². The average molecular weight is 145 g/mol. The van der Waals surface area contributed by atoms with Gasteiger partial charge in [0.1, 0.15) is 0 Å². The van der Waals surface area contributed by atoms with Gasteiger partial charge in [-0.15, -0.1) is 0 Å². The first-order valence-corrected chi connectivity index (χ1v) is 3.82. The van der Waals surface area contributed by atoms with E-state index in [-0.39, 0.29) is 19.3 Å². The van der Waals surface area contributed by atoms with Gasteiger partial charge in [-0.25, -0.2) is 0 Å². The Hall–Kier alpha value is -0.120. The molecule has 10 heavy (non-hydrogen) atoms. The first-order valence-electron chi connectivity index (χ1n) is 3.82. The second-order valence-electron chi connectivity index (χ2n) is 2.91. The minimum absolute atomic E-state index is 0.191. The van der Waals surface area contributed by atoms with Crippen molar-refractivity contribution in [3.63, 3.8) is 0 Å². The van der Waals surface area contributed by atoms with E-state index in [1.165, 1.54) is 0 Å². The maximum Gasteiger partial charge on any atom is 0.0584 e. The van der Waals surface area contributed by atoms with Gasteiger partial charge < -0.3 is 15.5 Å². The Kier molecular flexibility index (Phi) is 3.12. The summed E-state index contributed by atoms with van der Waals surface area (Å²) in [5.74, 6) is 0.401. The quantitative estimate of drug-likeness (QED) is 0.483. The number of nitrogens with one attached hydrogen (secondary N) is 1. The lowest BCUT2D eigenvalue weighted by Gasteiger charge is -2.27. The lowest BCUT2D eigenvalue weighted by atomic mass is 9.94. The third-order valence-electron chi connectivity index (χ3n) is 2.08. The second-order valence-corrected chi connectivity index (χ2v) is 2.91. The van der Waals surface area contributed by atoms with Gasteiger partial charge in [-0.05, 0) is 25.3 Å². The molecule has 0 aromatic rings. The molecule has 0 aromatic heterocycles. The van der Waals surface area contributed by atoms with Crippen LogP contribution in [-0.4, -0.2) is 36.0 Å². The zero-order valence-corrected chi connectivity index (χ0v) is 6.08. The Bertz CT molecular complexity index is 87.6. The average Bonchev–Trinajstić information content (AvgIpc) is 2.05. The molecule has 0 radical (unpaired) electrons. The van der Waals surface area contributed by atoms with Crippen molar-refractivity contribution in [2.45, 2.75) is 18.9 Å². The van der Waals surface area contributed by atoms with Crippen molar-refractivity contribution in [1.29, 1.82) is 0 Å². The van der Waals surface area contributed by atoms with E-state index in [9.17, 15) is 0 Å². The molecule has 3 nitrogen and oxygen atoms in total. The van der Waals surface area contributed by atoms with Crippen LogP contribution >= 0.6 is 0 Å². The van der Waals surface area contributed by atoms with Crippen molar-refractivity contribution in [3.05, 3.63) is 0 Å². The van der Waals surface area contributed by atoms with E-state index < -0.39 is 0 Å². The third kappa shape index (κ3) is 1.94. The summed E-state index contributed by atoms with van der Waals surface area (Å²) < 4.78 is 0. The monoisotopic (exact) mass is 145 g/mol. The predicted octanol–water partition coefficient (Wildman–Crippen LogP) is -0.661. The van der Waals surface area contributed by atoms with Gasteiger partial charge in [0.2, 0.25) is 0 Å². The van der Waals surface area contributed by atoms with Crippen LogP contribution < -0.4 is 5.32 Å². The van der Waals surface area contributed by atoms with Crippen molar-refractivity contribution in [1.82, 2.24) is 5.32 Å². The van der Waals surface area contributed by atoms with Gasteiger partial charge in [-0.2, -0.15) is 0 Å². The van der Waals surface area contributed by atoms with Gasteiger partial charge in [-0.3, -0.25) is 0 Å². The fourth-order valence-corrected chi connectivity index (χ4v) is 1.40. The van der Waals surface area contributed by atoms with Crippen molar-refractivity contribution < 1.29 is 10.2 Å². The zero-order chi connectivity index (χ0) is 7.40. The number of aliphatic hydroxyl groups excluding tert-OH is 2. The lowest BCUT2D eigenvalue weighted by Crippen LogP contribution is -2.41. The zero-order valence-electron chi connectivity index (χ0n) is 6.08. The molecule has 1 rings (SSSR count). The highest BCUT2D eigenvalue weighted by atomic mass is 16.3. The van der Waals surface area contributed by atoms with Crippen LogP contribution in [0, 0.1) is 5.92 Å². The molecule has 1 saturated heterocycles. The summed E-state index contributed by atoms with van der Waals surface area (Å²) in [7, 11) is 0. The highest BCUT2D eigenvalue weighted by Crippen LogP contribution is 2.14. The predicted molar refractivity (Wildman–Crippen MR) is 38.7 cm³/mol. The normalized spacial score (nSPS) is 34.2. The van der Waals surface area contributed by atoms with Crippen LogP contribution in [0.3, 0.4) is 0 Å². The molecule has 2 unspecified atom stereocenters. The van der Waals surface area contributed by atoms with Crippen LogP contribution in [0.1, 0.15) is 12.8 Å². The Morgan fingerprint density at radius 1 is 1.30 bits per heavy atom. The number of hydrogen-bond acceptors (Lipinski definition) is 3. The van der Waals surface area contributed by atoms with E-state index in [0.717, 1.165) is 19.4 Å². The van der Waals surface area contributed by atoms with E-state index in [1.807, 2.05) is 0 Å². The fourth-order valence-electron chi connectivity index (χ4n) is 1.40. The van der Waals surface area contributed by atoms with Gasteiger partial charge in [0.05, 0.1) is 6.61 Å². The first-order chi connectivity index (χ1) is 4.86. The fraction of sp³-hybridized carbons (Fsp3) is 1.00. The van der Waals surface area contributed by atoms with Crippen LogP contribution in [0.5, 0.6) is 0 Å². The highest BCUT2D eigenvalue weighted by molar-refractivity contribution is 4.76. The van der Waals surface area contributed by atoms with E-state index >= 15 is 0 Å². The van der Waals surface area contributed by atoms with Gasteiger partial charge in [-0.1, -0.05) is 0 Å². The number of piperidine rings is 1. The maximum absolute atomic E-state index is 8.79. The van der Waals surface area contributed by atoms with Crippen molar-refractivity contribution >= 4 is 0 Å². The van der Waals surface area contributed by atoms with Gasteiger partial charge in [0, 0.05) is 12.6 Å². The largest absolute Gasteiger partial charge is 0.396 e. The smallest absolute Gasteiger partial charge is 0.0584 e. The molecule has 60 valence electrons. The molecule has 0 saturated carbocycles. The number of rotatable bonds is 2. The van der Waals surface area contributed by atoms with Crippen molar-refractivity contribution in [3.8, 4) is 0 Å². The maximum atomic E-state index is 8.79. The van der Waals surface area contributed by atoms with Crippen molar-refractivity contribution in [2.75, 3.05) is 19.8 Å². The topological polar surface area (TPSA) is 52.5 Å². The molecule has 3 N–H and O–H groups in total. The minimum Gasteiger partial charge on any atom is -0.396 e. The van der Waals surface area contributed by atoms with Crippen LogP contribution in [0.25, 0.3) is 0 Å². The van der Waals surface area contributed by atoms with Gasteiger partial charge in [0.25, 0.3) is 0 Å². The van der Waals surface area contributed by atoms with Crippen molar-refractivity contribution in [2.24, 2.45) is 5.92 Å².